The second kappa shape index (κ2) is 21.9. The molecule has 7 amide bonds. The van der Waals surface area contributed by atoms with Crippen LogP contribution in [-0.2, 0) is 44.8 Å². The largest absolute Gasteiger partial charge is 0.480 e. The molecule has 0 aliphatic rings. The molecule has 0 heterocycles. The van der Waals surface area contributed by atoms with Gasteiger partial charge in [0, 0.05) is 12.8 Å². The maximum absolute atomic E-state index is 13.7. The third-order valence-corrected chi connectivity index (χ3v) is 8.42. The molecule has 51 heavy (non-hydrogen) atoms. The van der Waals surface area contributed by atoms with Gasteiger partial charge in [-0.15, -0.1) is 0 Å². The van der Waals surface area contributed by atoms with Crippen LogP contribution in [0, 0.1) is 11.8 Å². The van der Waals surface area contributed by atoms with E-state index in [0.717, 1.165) is 0 Å². The van der Waals surface area contributed by atoms with Crippen molar-refractivity contribution in [3.8, 4) is 0 Å². The van der Waals surface area contributed by atoms with Crippen LogP contribution in [0.15, 0.2) is 30.3 Å². The van der Waals surface area contributed by atoms with Gasteiger partial charge in [-0.1, -0.05) is 70.9 Å². The van der Waals surface area contributed by atoms with Crippen LogP contribution >= 0.6 is 0 Å². The standard InChI is InChI=1S/C33H52N8O10/c1-5-17(3)26(36)31(48)38-21(14-19-10-8-7-9-11-19)29(46)37-20(12-13-24(34)43)28(45)41-27(18(4)6-2)32(49)39-22(15-25(35)44)30(47)40-23(16-42)33(50)51/h7-11,17-18,20-23,26-27,42H,5-6,12-16,36H2,1-4H3,(H2,34,43)(H2,35,44)(H,37,46)(H,38,48)(H,39,49)(H,40,47)(H,41,45)(H,50,51)/t17-,18-,20-,21-,22-,23-,26-,27-/m0/s1. The number of carbonyl (C=O) groups is 8. The Kier molecular flexibility index (Phi) is 18.8. The van der Waals surface area contributed by atoms with E-state index in [4.69, 9.17) is 17.2 Å². The highest BCUT2D eigenvalue weighted by atomic mass is 16.4. The number of rotatable bonds is 23. The zero-order chi connectivity index (χ0) is 38.8. The zero-order valence-electron chi connectivity index (χ0n) is 29.3. The molecular formula is C33H52N8O10. The van der Waals surface area contributed by atoms with Crippen LogP contribution in [0.1, 0.15) is 65.4 Å². The van der Waals surface area contributed by atoms with E-state index in [1.165, 1.54) is 0 Å². The molecule has 284 valence electrons. The molecule has 0 bridgehead atoms. The summed E-state index contributed by atoms with van der Waals surface area (Å²) in [5, 5.41) is 30.5. The van der Waals surface area contributed by atoms with E-state index in [-0.39, 0.29) is 25.2 Å². The first kappa shape index (κ1) is 43.9. The monoisotopic (exact) mass is 720 g/mol. The number of amides is 7. The number of aliphatic hydroxyl groups is 1. The van der Waals surface area contributed by atoms with Gasteiger partial charge in [0.2, 0.25) is 41.4 Å². The third kappa shape index (κ3) is 15.1. The molecule has 0 aliphatic carbocycles. The van der Waals surface area contributed by atoms with Gasteiger partial charge in [-0.05, 0) is 23.8 Å². The van der Waals surface area contributed by atoms with Gasteiger partial charge >= 0.3 is 5.97 Å². The molecule has 0 unspecified atom stereocenters. The van der Waals surface area contributed by atoms with Crippen molar-refractivity contribution in [1.29, 1.82) is 0 Å². The average Bonchev–Trinajstić information content (AvgIpc) is 3.08. The van der Waals surface area contributed by atoms with Crippen molar-refractivity contribution >= 4 is 47.3 Å². The third-order valence-electron chi connectivity index (χ3n) is 8.42. The van der Waals surface area contributed by atoms with E-state index in [1.54, 1.807) is 51.1 Å². The first-order chi connectivity index (χ1) is 23.9. The first-order valence-electron chi connectivity index (χ1n) is 16.7. The van der Waals surface area contributed by atoms with Crippen LogP contribution in [0.25, 0.3) is 0 Å². The molecule has 13 N–H and O–H groups in total. The Morgan fingerprint density at radius 1 is 0.667 bits per heavy atom. The molecule has 1 rings (SSSR count). The van der Waals surface area contributed by atoms with E-state index in [0.29, 0.717) is 18.4 Å². The van der Waals surface area contributed by atoms with Crippen molar-refractivity contribution in [1.82, 2.24) is 26.6 Å². The van der Waals surface area contributed by atoms with E-state index in [9.17, 15) is 48.6 Å². The molecule has 0 radical (unpaired) electrons. The highest BCUT2D eigenvalue weighted by Gasteiger charge is 2.35. The van der Waals surface area contributed by atoms with Gasteiger partial charge in [0.25, 0.3) is 0 Å². The summed E-state index contributed by atoms with van der Waals surface area (Å²) in [5.41, 5.74) is 17.4. The highest BCUT2D eigenvalue weighted by Crippen LogP contribution is 2.12. The Morgan fingerprint density at radius 2 is 1.18 bits per heavy atom. The van der Waals surface area contributed by atoms with E-state index < -0.39 is 103 Å². The van der Waals surface area contributed by atoms with Crippen LogP contribution < -0.4 is 43.8 Å². The summed E-state index contributed by atoms with van der Waals surface area (Å²) in [6, 6.07) is 0.382. The van der Waals surface area contributed by atoms with Gasteiger partial charge < -0.3 is 54.0 Å². The molecule has 0 fully saturated rings. The van der Waals surface area contributed by atoms with Crippen LogP contribution in [0.3, 0.4) is 0 Å². The number of hydrogen-bond acceptors (Lipinski definition) is 10. The van der Waals surface area contributed by atoms with Crippen LogP contribution in [-0.4, -0.2) is 100 Å². The number of aliphatic carboxylic acids is 1. The van der Waals surface area contributed by atoms with E-state index >= 15 is 0 Å². The molecule has 18 nitrogen and oxygen atoms in total. The number of carbonyl (C=O) groups excluding carboxylic acids is 7. The van der Waals surface area contributed by atoms with Gasteiger partial charge in [0.15, 0.2) is 0 Å². The lowest BCUT2D eigenvalue weighted by Crippen LogP contribution is -2.61. The summed E-state index contributed by atoms with van der Waals surface area (Å²) in [7, 11) is 0. The summed E-state index contributed by atoms with van der Waals surface area (Å²) >= 11 is 0. The Hall–Kier alpha value is -5.10. The second-order valence-corrected chi connectivity index (χ2v) is 12.4. The predicted molar refractivity (Wildman–Crippen MR) is 184 cm³/mol. The van der Waals surface area contributed by atoms with Crippen molar-refractivity contribution < 1.29 is 48.6 Å². The summed E-state index contributed by atoms with van der Waals surface area (Å²) in [6.45, 7) is 5.97. The Morgan fingerprint density at radius 3 is 1.69 bits per heavy atom. The molecule has 1 aromatic rings. The van der Waals surface area contributed by atoms with Gasteiger partial charge in [0.1, 0.15) is 30.2 Å². The predicted octanol–water partition coefficient (Wildman–Crippen LogP) is -2.71. The summed E-state index contributed by atoms with van der Waals surface area (Å²) in [5.74, 6) is -8.56. The second-order valence-electron chi connectivity index (χ2n) is 12.4. The minimum absolute atomic E-state index is 0.0238. The van der Waals surface area contributed by atoms with Crippen molar-refractivity contribution in [3.05, 3.63) is 35.9 Å². The lowest BCUT2D eigenvalue weighted by atomic mass is 9.96. The van der Waals surface area contributed by atoms with Gasteiger partial charge in [-0.2, -0.15) is 0 Å². The highest BCUT2D eigenvalue weighted by molar-refractivity contribution is 5.97. The average molecular weight is 721 g/mol. The molecule has 0 aliphatic heterocycles. The maximum Gasteiger partial charge on any atom is 0.328 e. The van der Waals surface area contributed by atoms with Gasteiger partial charge in [-0.3, -0.25) is 33.6 Å². The summed E-state index contributed by atoms with van der Waals surface area (Å²) < 4.78 is 0. The van der Waals surface area contributed by atoms with E-state index in [1.807, 2.05) is 12.2 Å². The molecule has 0 saturated carbocycles. The Labute approximate surface area is 296 Å². The van der Waals surface area contributed by atoms with E-state index in [2.05, 4.69) is 21.3 Å². The minimum atomic E-state index is -1.74. The van der Waals surface area contributed by atoms with Gasteiger partial charge in [-0.25, -0.2) is 4.79 Å². The number of primary amides is 2. The fourth-order valence-corrected chi connectivity index (χ4v) is 4.75. The Bertz CT molecular complexity index is 1380. The number of benzene rings is 1. The number of hydrogen-bond donors (Lipinski definition) is 10. The number of nitrogens with two attached hydrogens (primary N) is 3. The molecule has 18 heteroatoms. The van der Waals surface area contributed by atoms with Gasteiger partial charge in [0.05, 0.1) is 19.1 Å². The summed E-state index contributed by atoms with van der Waals surface area (Å²) in [6.07, 6.45) is -0.437. The molecule has 8 atom stereocenters. The SMILES string of the molecule is CC[C@H](C)[C@H](N)C(=O)N[C@@H](Cc1ccccc1)C(=O)N[C@@H](CCC(N)=O)C(=O)N[C@H](C(=O)N[C@@H](CC(N)=O)C(=O)N[C@@H](CO)C(=O)O)[C@@H](C)CC. The number of nitrogens with one attached hydrogen (secondary N) is 5. The summed E-state index contributed by atoms with van der Waals surface area (Å²) in [4.78, 5) is 101. The minimum Gasteiger partial charge on any atom is -0.480 e. The first-order valence-corrected chi connectivity index (χ1v) is 16.7. The smallest absolute Gasteiger partial charge is 0.328 e. The number of aliphatic hydroxyl groups excluding tert-OH is 1. The van der Waals surface area contributed by atoms with Crippen LogP contribution in [0.4, 0.5) is 0 Å². The van der Waals surface area contributed by atoms with Crippen molar-refractivity contribution in [2.75, 3.05) is 6.61 Å². The normalized spacial score (nSPS) is 15.6. The number of carboxylic acid groups (broad SMARTS) is 1. The van der Waals surface area contributed by atoms with Crippen molar-refractivity contribution in [3.63, 3.8) is 0 Å². The lowest BCUT2D eigenvalue weighted by molar-refractivity contribution is -0.143. The molecule has 0 spiro atoms. The lowest BCUT2D eigenvalue weighted by Gasteiger charge is -2.29. The Balaban J connectivity index is 3.36. The fraction of sp³-hybridized carbons (Fsp3) is 0.576. The molecule has 1 aromatic carbocycles. The molecular weight excluding hydrogens is 668 g/mol. The zero-order valence-corrected chi connectivity index (χ0v) is 29.3. The fourth-order valence-electron chi connectivity index (χ4n) is 4.75. The molecule has 0 saturated heterocycles. The van der Waals surface area contributed by atoms with Crippen LogP contribution in [0.5, 0.6) is 0 Å². The van der Waals surface area contributed by atoms with Crippen molar-refractivity contribution in [2.45, 2.75) is 102 Å². The maximum atomic E-state index is 13.7. The molecule has 0 aromatic heterocycles. The number of carboxylic acids is 1. The van der Waals surface area contributed by atoms with Crippen molar-refractivity contribution in [2.24, 2.45) is 29.0 Å². The van der Waals surface area contributed by atoms with Crippen LogP contribution in [0.2, 0.25) is 0 Å². The topological polar surface area (TPSA) is 315 Å². The quantitative estimate of drug-likeness (QED) is 0.0554.